The maximum absolute atomic E-state index is 10.3. The molecule has 0 aliphatic rings. The number of carboxylic acids is 1. The van der Waals surface area contributed by atoms with Crippen molar-refractivity contribution in [2.45, 2.75) is 13.0 Å². The van der Waals surface area contributed by atoms with Crippen molar-refractivity contribution < 1.29 is 70.8 Å². The molecule has 0 saturated heterocycles. The van der Waals surface area contributed by atoms with Crippen molar-refractivity contribution in [1.29, 1.82) is 0 Å². The molecule has 1 unspecified atom stereocenters. The van der Waals surface area contributed by atoms with Gasteiger partial charge in [0.25, 0.3) is 0 Å². The van der Waals surface area contributed by atoms with E-state index in [1.807, 2.05) is 0 Å². The van der Waals surface area contributed by atoms with E-state index in [4.69, 9.17) is 0 Å². The normalized spacial score (nSPS) is 10.6. The summed E-state index contributed by atoms with van der Waals surface area (Å²) in [6.07, 6.45) is -0.329. The molecule has 0 aliphatic carbocycles. The van der Waals surface area contributed by atoms with Crippen LogP contribution in [0.2, 0.25) is 0 Å². The summed E-state index contributed by atoms with van der Waals surface area (Å²) in [4.78, 5) is 20.2. The Bertz CT molecular complexity index is 166. The molecular weight excluding hydrogens is 175 g/mol. The molecule has 5 heteroatoms. The largest absolute Gasteiger partial charge is 1.00 e. The molecule has 0 heterocycles. The summed E-state index contributed by atoms with van der Waals surface area (Å²) in [5.74, 6) is -2.19. The van der Waals surface area contributed by atoms with Crippen LogP contribution in [-0.4, -0.2) is 18.0 Å². The molecule has 0 fully saturated rings. The van der Waals surface area contributed by atoms with Crippen molar-refractivity contribution in [2.24, 2.45) is 0 Å². The Hall–Kier alpha value is 0.316. The number of hydrogen-bond acceptors (Lipinski definition) is 4. The van der Waals surface area contributed by atoms with Gasteiger partial charge in [-0.2, -0.15) is 0 Å². The first-order valence-electron chi connectivity index (χ1n) is 2.62. The third-order valence-electron chi connectivity index (χ3n) is 0.792. The van der Waals surface area contributed by atoms with Crippen molar-refractivity contribution >= 4 is 11.9 Å². The van der Waals surface area contributed by atoms with Gasteiger partial charge in [-0.05, 0) is 6.92 Å². The molecule has 0 aromatic heterocycles. The van der Waals surface area contributed by atoms with Gasteiger partial charge in [-0.3, -0.25) is 0 Å². The summed E-state index contributed by atoms with van der Waals surface area (Å²) >= 11 is 0. The molecule has 0 aromatic carbocycles. The van der Waals surface area contributed by atoms with Crippen LogP contribution in [0.3, 0.4) is 0 Å². The number of rotatable bonds is 3. The fourth-order valence-corrected chi connectivity index (χ4v) is 0.270. The van der Waals surface area contributed by atoms with Crippen LogP contribution in [0.25, 0.3) is 0 Å². The van der Waals surface area contributed by atoms with Crippen LogP contribution in [-0.2, 0) is 14.3 Å². The molecule has 0 amide bonds. The monoisotopic (exact) mass is 182 g/mol. The number of carbonyl (C=O) groups is 2. The zero-order chi connectivity index (χ0) is 8.15. The minimum atomic E-state index is -1.42. The van der Waals surface area contributed by atoms with Gasteiger partial charge in [0.1, 0.15) is 6.10 Å². The van der Waals surface area contributed by atoms with E-state index in [0.717, 1.165) is 6.08 Å². The summed E-state index contributed by atoms with van der Waals surface area (Å²) in [6.45, 7) is 4.29. The third kappa shape index (κ3) is 6.70. The molecule has 0 aromatic rings. The first-order chi connectivity index (χ1) is 4.57. The van der Waals surface area contributed by atoms with Crippen molar-refractivity contribution in [3.63, 3.8) is 0 Å². The van der Waals surface area contributed by atoms with Gasteiger partial charge in [-0.1, -0.05) is 6.58 Å². The fourth-order valence-electron chi connectivity index (χ4n) is 0.270. The molecule has 0 N–H and O–H groups in total. The van der Waals surface area contributed by atoms with Crippen LogP contribution < -0.4 is 56.5 Å². The Balaban J connectivity index is 0. The predicted molar refractivity (Wildman–Crippen MR) is 30.8 cm³/mol. The van der Waals surface area contributed by atoms with E-state index in [9.17, 15) is 14.7 Å². The van der Waals surface area contributed by atoms with Gasteiger partial charge in [-0.25, -0.2) is 4.79 Å². The number of esters is 1. The van der Waals surface area contributed by atoms with Gasteiger partial charge in [0.2, 0.25) is 0 Å². The zero-order valence-electron chi connectivity index (χ0n) is 6.49. The number of carboxylic acid groups (broad SMARTS) is 1. The van der Waals surface area contributed by atoms with Gasteiger partial charge in [0.05, 0.1) is 5.97 Å². The number of hydrogen-bond donors (Lipinski definition) is 0. The Kier molecular flexibility index (Phi) is 8.82. The first kappa shape index (κ1) is 13.9. The predicted octanol–water partition coefficient (Wildman–Crippen LogP) is -4.14. The fraction of sp³-hybridized carbons (Fsp3) is 0.333. The standard InChI is InChI=1S/C6H8O4.K/c1-3-5(7)10-4(2)6(8)9;/h3-4H,1H2,2H3,(H,8,9);/q;+1/p-1. The molecule has 4 nitrogen and oxygen atoms in total. The van der Waals surface area contributed by atoms with Gasteiger partial charge in [0.15, 0.2) is 0 Å². The topological polar surface area (TPSA) is 66.4 Å². The van der Waals surface area contributed by atoms with Crippen LogP contribution in [0.4, 0.5) is 0 Å². The Labute approximate surface area is 107 Å². The van der Waals surface area contributed by atoms with E-state index in [2.05, 4.69) is 11.3 Å². The molecule has 0 bridgehead atoms. The molecule has 0 rings (SSSR count). The van der Waals surface area contributed by atoms with E-state index in [1.165, 1.54) is 6.92 Å². The second-order valence-electron chi connectivity index (χ2n) is 1.60. The number of ether oxygens (including phenoxy) is 1. The Morgan fingerprint density at radius 2 is 2.09 bits per heavy atom. The minimum Gasteiger partial charge on any atom is -0.546 e. The average molecular weight is 182 g/mol. The third-order valence-corrected chi connectivity index (χ3v) is 0.792. The van der Waals surface area contributed by atoms with E-state index in [-0.39, 0.29) is 51.4 Å². The van der Waals surface area contributed by atoms with E-state index in [0.29, 0.717) is 0 Å². The molecular formula is C6H7KO4. The van der Waals surface area contributed by atoms with Crippen molar-refractivity contribution in [1.82, 2.24) is 0 Å². The Morgan fingerprint density at radius 3 is 2.36 bits per heavy atom. The summed E-state index contributed by atoms with van der Waals surface area (Å²) in [5, 5.41) is 9.93. The molecule has 11 heavy (non-hydrogen) atoms. The van der Waals surface area contributed by atoms with Crippen LogP contribution in [0.5, 0.6) is 0 Å². The van der Waals surface area contributed by atoms with Crippen molar-refractivity contribution in [3.8, 4) is 0 Å². The molecule has 0 radical (unpaired) electrons. The zero-order valence-corrected chi connectivity index (χ0v) is 9.62. The summed E-state index contributed by atoms with van der Waals surface area (Å²) < 4.78 is 4.24. The molecule has 1 atom stereocenters. The van der Waals surface area contributed by atoms with Gasteiger partial charge in [-0.15, -0.1) is 0 Å². The average Bonchev–Trinajstić information content (AvgIpc) is 1.87. The second kappa shape index (κ2) is 6.99. The van der Waals surface area contributed by atoms with E-state index < -0.39 is 18.0 Å². The SMILES string of the molecule is C=CC(=O)OC(C)C(=O)[O-].[K+]. The number of aliphatic carboxylic acids is 1. The summed E-state index contributed by atoms with van der Waals surface area (Å²) in [5.41, 5.74) is 0. The van der Waals surface area contributed by atoms with Gasteiger partial charge < -0.3 is 14.6 Å². The summed E-state index contributed by atoms with van der Waals surface area (Å²) in [7, 11) is 0. The van der Waals surface area contributed by atoms with Crippen molar-refractivity contribution in [2.75, 3.05) is 0 Å². The van der Waals surface area contributed by atoms with Crippen LogP contribution in [0.1, 0.15) is 6.92 Å². The molecule has 56 valence electrons. The van der Waals surface area contributed by atoms with Crippen LogP contribution in [0, 0.1) is 0 Å². The van der Waals surface area contributed by atoms with Crippen LogP contribution in [0.15, 0.2) is 12.7 Å². The quantitative estimate of drug-likeness (QED) is 0.252. The molecule has 0 spiro atoms. The summed E-state index contributed by atoms with van der Waals surface area (Å²) in [6, 6.07) is 0. The van der Waals surface area contributed by atoms with Gasteiger partial charge >= 0.3 is 57.4 Å². The van der Waals surface area contributed by atoms with E-state index in [1.54, 1.807) is 0 Å². The first-order valence-corrected chi connectivity index (χ1v) is 2.62. The minimum absolute atomic E-state index is 0. The van der Waals surface area contributed by atoms with E-state index >= 15 is 0 Å². The maximum atomic E-state index is 10.3. The smallest absolute Gasteiger partial charge is 0.546 e. The van der Waals surface area contributed by atoms with Gasteiger partial charge in [0, 0.05) is 6.08 Å². The van der Waals surface area contributed by atoms with Crippen LogP contribution >= 0.6 is 0 Å². The van der Waals surface area contributed by atoms with Crippen molar-refractivity contribution in [3.05, 3.63) is 12.7 Å². The second-order valence-corrected chi connectivity index (χ2v) is 1.60. The Morgan fingerprint density at radius 1 is 1.64 bits per heavy atom. The molecule has 0 saturated carbocycles. The maximum Gasteiger partial charge on any atom is 1.00 e. The molecule has 0 aliphatic heterocycles. The number of carbonyl (C=O) groups excluding carboxylic acids is 2.